The lowest BCUT2D eigenvalue weighted by Gasteiger charge is -2.19. The number of unbranched alkanes of at least 4 members (excludes halogenated alkanes) is 1. The monoisotopic (exact) mass is 427 g/mol. The fourth-order valence-corrected chi connectivity index (χ4v) is 5.29. The van der Waals surface area contributed by atoms with Crippen molar-refractivity contribution in [1.82, 2.24) is 4.57 Å². The average molecular weight is 428 g/mol. The number of rotatable bonds is 6. The van der Waals surface area contributed by atoms with E-state index in [1.807, 2.05) is 50.2 Å². The van der Waals surface area contributed by atoms with Crippen LogP contribution < -0.4 is 11.1 Å². The van der Waals surface area contributed by atoms with Crippen LogP contribution in [-0.2, 0) is 6.54 Å². The molecule has 0 saturated heterocycles. The van der Waals surface area contributed by atoms with Gasteiger partial charge in [0.1, 0.15) is 11.2 Å². The molecule has 0 amide bonds. The SMILES string of the molecule is CCCCC(CC)Cn1c(=O)c2cc(C)c3oc4ccccc4c4c(C)cc(c1=O)c2c34. The Kier molecular flexibility index (Phi) is 5.04. The van der Waals surface area contributed by atoms with Crippen LogP contribution in [0.2, 0.25) is 0 Å². The molecule has 1 unspecified atom stereocenters. The van der Waals surface area contributed by atoms with Crippen LogP contribution in [0.1, 0.15) is 50.7 Å². The van der Waals surface area contributed by atoms with Crippen LogP contribution in [0.5, 0.6) is 0 Å². The standard InChI is InChI=1S/C28H29NO3/c1-5-7-10-18(6-2)15-29-27(30)20-13-16(3)23-19-11-8-9-12-22(19)32-26-17(4)14-21(28(29)31)24(20)25(23)26/h8-9,11-14,18H,5-7,10,15H2,1-4H3. The first-order valence-corrected chi connectivity index (χ1v) is 11.7. The second-order valence-corrected chi connectivity index (χ2v) is 9.17. The smallest absolute Gasteiger partial charge is 0.261 e. The Balaban J connectivity index is 1.91. The largest absolute Gasteiger partial charge is 0.456 e. The molecule has 0 spiro atoms. The normalized spacial score (nSPS) is 13.1. The van der Waals surface area contributed by atoms with E-state index < -0.39 is 0 Å². The van der Waals surface area contributed by atoms with Crippen molar-refractivity contribution < 1.29 is 4.42 Å². The molecule has 4 heteroatoms. The average Bonchev–Trinajstić information content (AvgIpc) is 2.80. The molecule has 0 fully saturated rings. The predicted molar refractivity (Wildman–Crippen MR) is 133 cm³/mol. The molecule has 5 aromatic rings. The second kappa shape index (κ2) is 7.77. The van der Waals surface area contributed by atoms with E-state index in [2.05, 4.69) is 13.8 Å². The Bertz CT molecular complexity index is 1560. The number of nitrogens with zero attached hydrogens (tertiary/aromatic N) is 1. The Labute approximate surface area is 186 Å². The number of pyridine rings is 1. The summed E-state index contributed by atoms with van der Waals surface area (Å²) in [5.41, 5.74) is 3.15. The Morgan fingerprint density at radius 2 is 1.56 bits per heavy atom. The lowest BCUT2D eigenvalue weighted by molar-refractivity contribution is 0.382. The highest BCUT2D eigenvalue weighted by atomic mass is 16.3. The van der Waals surface area contributed by atoms with Crippen molar-refractivity contribution in [3.63, 3.8) is 0 Å². The minimum Gasteiger partial charge on any atom is -0.456 e. The maximum atomic E-state index is 13.6. The van der Waals surface area contributed by atoms with Crippen molar-refractivity contribution in [2.24, 2.45) is 5.92 Å². The number of hydrogen-bond acceptors (Lipinski definition) is 3. The van der Waals surface area contributed by atoms with E-state index in [1.165, 1.54) is 4.57 Å². The van der Waals surface area contributed by atoms with Crippen LogP contribution >= 0.6 is 0 Å². The molecule has 0 bridgehead atoms. The lowest BCUT2D eigenvalue weighted by Crippen LogP contribution is -2.35. The van der Waals surface area contributed by atoms with Crippen LogP contribution in [0.25, 0.3) is 43.5 Å². The fourth-order valence-electron chi connectivity index (χ4n) is 5.29. The molecule has 164 valence electrons. The second-order valence-electron chi connectivity index (χ2n) is 9.17. The van der Waals surface area contributed by atoms with E-state index in [1.54, 1.807) is 0 Å². The van der Waals surface area contributed by atoms with Crippen LogP contribution in [-0.4, -0.2) is 4.57 Å². The van der Waals surface area contributed by atoms with Gasteiger partial charge in [0.15, 0.2) is 0 Å². The highest BCUT2D eigenvalue weighted by Crippen LogP contribution is 2.40. The van der Waals surface area contributed by atoms with E-state index in [9.17, 15) is 9.59 Å². The van der Waals surface area contributed by atoms with Gasteiger partial charge in [0.25, 0.3) is 11.1 Å². The molecule has 0 saturated carbocycles. The van der Waals surface area contributed by atoms with Crippen molar-refractivity contribution in [2.75, 3.05) is 0 Å². The molecule has 3 aromatic carbocycles. The first kappa shape index (κ1) is 20.7. The zero-order chi connectivity index (χ0) is 22.6. The minimum atomic E-state index is -0.180. The predicted octanol–water partition coefficient (Wildman–Crippen LogP) is 6.69. The van der Waals surface area contributed by atoms with Gasteiger partial charge in [-0.2, -0.15) is 0 Å². The van der Waals surface area contributed by atoms with Crippen molar-refractivity contribution in [3.05, 3.63) is 68.2 Å². The van der Waals surface area contributed by atoms with Crippen molar-refractivity contribution >= 4 is 43.5 Å². The van der Waals surface area contributed by atoms with Crippen LogP contribution in [0.15, 0.2) is 50.4 Å². The Hall–Kier alpha value is -3.14. The number of para-hydroxylation sites is 1. The highest BCUT2D eigenvalue weighted by molar-refractivity contribution is 6.27. The van der Waals surface area contributed by atoms with Gasteiger partial charge in [-0.15, -0.1) is 0 Å². The first-order chi connectivity index (χ1) is 15.5. The summed E-state index contributed by atoms with van der Waals surface area (Å²) in [4.78, 5) is 27.2. The molecule has 5 rings (SSSR count). The van der Waals surface area contributed by atoms with Crippen LogP contribution in [0.4, 0.5) is 0 Å². The van der Waals surface area contributed by atoms with Gasteiger partial charge in [0, 0.05) is 33.5 Å². The summed E-state index contributed by atoms with van der Waals surface area (Å²) in [6.45, 7) is 8.82. The molecular weight excluding hydrogens is 398 g/mol. The van der Waals surface area contributed by atoms with Gasteiger partial charge >= 0.3 is 0 Å². The number of fused-ring (bicyclic) bond motifs is 2. The van der Waals surface area contributed by atoms with E-state index in [0.29, 0.717) is 23.2 Å². The number of benzene rings is 3. The van der Waals surface area contributed by atoms with Gasteiger partial charge in [-0.05, 0) is 60.9 Å². The summed E-state index contributed by atoms with van der Waals surface area (Å²) < 4.78 is 7.79. The number of hydrogen-bond donors (Lipinski definition) is 0. The third-order valence-corrected chi connectivity index (χ3v) is 7.04. The molecular formula is C28H29NO3. The van der Waals surface area contributed by atoms with Crippen LogP contribution in [0, 0.1) is 19.8 Å². The molecule has 0 radical (unpaired) electrons. The van der Waals surface area contributed by atoms with Crippen LogP contribution in [0.3, 0.4) is 0 Å². The summed E-state index contributed by atoms with van der Waals surface area (Å²) in [7, 11) is 0. The molecule has 0 aliphatic heterocycles. The first-order valence-electron chi connectivity index (χ1n) is 11.7. The molecule has 32 heavy (non-hydrogen) atoms. The molecule has 2 heterocycles. The maximum absolute atomic E-state index is 13.6. The molecule has 4 nitrogen and oxygen atoms in total. The van der Waals surface area contributed by atoms with Crippen molar-refractivity contribution in [1.29, 1.82) is 0 Å². The zero-order valence-corrected chi connectivity index (χ0v) is 19.2. The van der Waals surface area contributed by atoms with Gasteiger partial charge in [0.05, 0.1) is 0 Å². The fraction of sp³-hybridized carbons (Fsp3) is 0.357. The molecule has 0 aliphatic carbocycles. The van der Waals surface area contributed by atoms with Gasteiger partial charge in [-0.25, -0.2) is 0 Å². The van der Waals surface area contributed by atoms with E-state index in [4.69, 9.17) is 4.42 Å². The minimum absolute atomic E-state index is 0.180. The summed E-state index contributed by atoms with van der Waals surface area (Å²) >= 11 is 0. The third kappa shape index (κ3) is 2.96. The highest BCUT2D eigenvalue weighted by Gasteiger charge is 2.22. The Morgan fingerprint density at radius 3 is 2.25 bits per heavy atom. The number of aromatic nitrogens is 1. The van der Waals surface area contributed by atoms with E-state index in [0.717, 1.165) is 69.5 Å². The summed E-state index contributed by atoms with van der Waals surface area (Å²) in [6, 6.07) is 11.8. The molecule has 0 N–H and O–H groups in total. The molecule has 0 aliphatic rings. The molecule has 2 aromatic heterocycles. The lowest BCUT2D eigenvalue weighted by atomic mass is 9.91. The van der Waals surface area contributed by atoms with Crippen molar-refractivity contribution in [2.45, 2.75) is 59.9 Å². The maximum Gasteiger partial charge on any atom is 0.261 e. The summed E-state index contributed by atoms with van der Waals surface area (Å²) in [6.07, 6.45) is 4.22. The topological polar surface area (TPSA) is 52.2 Å². The summed E-state index contributed by atoms with van der Waals surface area (Å²) in [5.74, 6) is 0.328. The summed E-state index contributed by atoms with van der Waals surface area (Å²) in [5, 5.41) is 4.94. The van der Waals surface area contributed by atoms with Gasteiger partial charge in [-0.1, -0.05) is 51.3 Å². The zero-order valence-electron chi connectivity index (χ0n) is 19.2. The van der Waals surface area contributed by atoms with Crippen molar-refractivity contribution in [3.8, 4) is 0 Å². The van der Waals surface area contributed by atoms with Gasteiger partial charge in [-0.3, -0.25) is 14.2 Å². The van der Waals surface area contributed by atoms with E-state index in [-0.39, 0.29) is 11.1 Å². The van der Waals surface area contributed by atoms with Gasteiger partial charge < -0.3 is 4.42 Å². The number of aryl methyl sites for hydroxylation is 2. The molecule has 1 atom stereocenters. The third-order valence-electron chi connectivity index (χ3n) is 7.04. The van der Waals surface area contributed by atoms with E-state index >= 15 is 0 Å². The quantitative estimate of drug-likeness (QED) is 0.224. The van der Waals surface area contributed by atoms with Gasteiger partial charge in [0.2, 0.25) is 0 Å². The Morgan fingerprint density at radius 1 is 0.875 bits per heavy atom.